The Kier molecular flexibility index (Phi) is 6.89. The maximum absolute atomic E-state index is 13.1. The summed E-state index contributed by atoms with van der Waals surface area (Å²) in [5, 5.41) is 2.76. The summed E-state index contributed by atoms with van der Waals surface area (Å²) in [4.78, 5) is 26.6. The summed E-state index contributed by atoms with van der Waals surface area (Å²) in [6.45, 7) is 0.661. The highest BCUT2D eigenvalue weighted by Crippen LogP contribution is 2.39. The van der Waals surface area contributed by atoms with E-state index in [0.717, 1.165) is 11.1 Å². The number of carbonyl (C=O) groups excluding carboxylic acids is 2. The number of amides is 1. The molecular formula is C22H25FN2O5. The zero-order chi connectivity index (χ0) is 21.7. The quantitative estimate of drug-likeness (QED) is 0.700. The molecular weight excluding hydrogens is 391 g/mol. The van der Waals surface area contributed by atoms with Gasteiger partial charge in [0.2, 0.25) is 5.91 Å². The molecule has 0 fully saturated rings. The van der Waals surface area contributed by atoms with Gasteiger partial charge < -0.3 is 19.5 Å². The van der Waals surface area contributed by atoms with E-state index in [0.29, 0.717) is 30.2 Å². The highest BCUT2D eigenvalue weighted by Gasteiger charge is 2.32. The number of ether oxygens (including phenoxy) is 3. The van der Waals surface area contributed by atoms with Crippen molar-refractivity contribution in [2.75, 3.05) is 39.7 Å². The molecule has 1 heterocycles. The van der Waals surface area contributed by atoms with Crippen LogP contribution in [0.5, 0.6) is 11.5 Å². The fourth-order valence-electron chi connectivity index (χ4n) is 3.67. The minimum atomic E-state index is -0.372. The molecule has 0 aromatic heterocycles. The van der Waals surface area contributed by atoms with E-state index < -0.39 is 0 Å². The lowest BCUT2D eigenvalue weighted by Gasteiger charge is -2.36. The van der Waals surface area contributed by atoms with Crippen LogP contribution in [0.15, 0.2) is 36.4 Å². The van der Waals surface area contributed by atoms with Crippen LogP contribution in [0.25, 0.3) is 0 Å². The average molecular weight is 416 g/mol. The summed E-state index contributed by atoms with van der Waals surface area (Å²) >= 11 is 0. The Morgan fingerprint density at radius 2 is 1.77 bits per heavy atom. The van der Waals surface area contributed by atoms with Gasteiger partial charge in [-0.25, -0.2) is 4.39 Å². The standard InChI is InChI=1S/C22H25FN2O5/c1-28-19-10-14-8-9-25(13-21(26)24-16-6-4-15(23)5-7-16)18(12-22(27)30-3)17(14)11-20(19)29-2/h4-7,10-11,18H,8-9,12-13H2,1-3H3,(H,24,26)/t18-/m1/s1. The Labute approximate surface area is 174 Å². The van der Waals surface area contributed by atoms with E-state index in [9.17, 15) is 14.0 Å². The predicted molar refractivity (Wildman–Crippen MR) is 109 cm³/mol. The summed E-state index contributed by atoms with van der Waals surface area (Å²) in [5.41, 5.74) is 2.45. The third-order valence-electron chi connectivity index (χ3n) is 5.18. The van der Waals surface area contributed by atoms with Crippen molar-refractivity contribution in [3.05, 3.63) is 53.3 Å². The van der Waals surface area contributed by atoms with Crippen molar-refractivity contribution in [3.8, 4) is 11.5 Å². The van der Waals surface area contributed by atoms with Crippen LogP contribution in [0, 0.1) is 5.82 Å². The van der Waals surface area contributed by atoms with Crippen LogP contribution in [-0.2, 0) is 20.7 Å². The van der Waals surface area contributed by atoms with Crippen molar-refractivity contribution in [1.82, 2.24) is 4.90 Å². The first-order valence-corrected chi connectivity index (χ1v) is 9.56. The summed E-state index contributed by atoms with van der Waals surface area (Å²) in [7, 11) is 4.47. The number of methoxy groups -OCH3 is 3. The largest absolute Gasteiger partial charge is 0.493 e. The lowest BCUT2D eigenvalue weighted by atomic mass is 9.90. The number of hydrogen-bond donors (Lipinski definition) is 1. The van der Waals surface area contributed by atoms with E-state index in [1.807, 2.05) is 17.0 Å². The third kappa shape index (κ3) is 4.88. The normalized spacial score (nSPS) is 15.8. The van der Waals surface area contributed by atoms with Crippen molar-refractivity contribution in [1.29, 1.82) is 0 Å². The summed E-state index contributed by atoms with van der Waals surface area (Å²) < 4.78 is 28.8. The van der Waals surface area contributed by atoms with E-state index in [2.05, 4.69) is 5.32 Å². The van der Waals surface area contributed by atoms with Gasteiger partial charge in [-0.2, -0.15) is 0 Å². The van der Waals surface area contributed by atoms with Gasteiger partial charge in [-0.15, -0.1) is 0 Å². The second-order valence-electron chi connectivity index (χ2n) is 6.98. The van der Waals surface area contributed by atoms with Gasteiger partial charge in [0.25, 0.3) is 0 Å². The molecule has 0 saturated heterocycles. The lowest BCUT2D eigenvalue weighted by molar-refractivity contribution is -0.142. The van der Waals surface area contributed by atoms with Crippen molar-refractivity contribution in [2.24, 2.45) is 0 Å². The molecule has 7 nitrogen and oxygen atoms in total. The Morgan fingerprint density at radius 1 is 1.10 bits per heavy atom. The molecule has 0 saturated carbocycles. The Hall–Kier alpha value is -3.13. The Bertz CT molecular complexity index is 916. The first-order chi connectivity index (χ1) is 14.4. The number of esters is 1. The molecule has 0 bridgehead atoms. The summed E-state index contributed by atoms with van der Waals surface area (Å²) in [6, 6.07) is 8.99. The molecule has 1 N–H and O–H groups in total. The molecule has 3 rings (SSSR count). The van der Waals surface area contributed by atoms with Gasteiger partial charge in [-0.3, -0.25) is 14.5 Å². The minimum Gasteiger partial charge on any atom is -0.493 e. The van der Waals surface area contributed by atoms with E-state index in [4.69, 9.17) is 14.2 Å². The maximum atomic E-state index is 13.1. The van der Waals surface area contributed by atoms with Crippen molar-refractivity contribution in [2.45, 2.75) is 18.9 Å². The molecule has 1 atom stereocenters. The first-order valence-electron chi connectivity index (χ1n) is 9.56. The van der Waals surface area contributed by atoms with E-state index >= 15 is 0 Å². The lowest BCUT2D eigenvalue weighted by Crippen LogP contribution is -2.41. The molecule has 160 valence electrons. The highest BCUT2D eigenvalue weighted by atomic mass is 19.1. The fourth-order valence-corrected chi connectivity index (χ4v) is 3.67. The van der Waals surface area contributed by atoms with Gasteiger partial charge in [0.05, 0.1) is 34.3 Å². The van der Waals surface area contributed by atoms with Crippen LogP contribution >= 0.6 is 0 Å². The second-order valence-corrected chi connectivity index (χ2v) is 6.98. The van der Waals surface area contributed by atoms with Crippen LogP contribution in [0.4, 0.5) is 10.1 Å². The van der Waals surface area contributed by atoms with Gasteiger partial charge in [0.1, 0.15) is 5.82 Å². The molecule has 0 aliphatic carbocycles. The first kappa shape index (κ1) is 21.6. The predicted octanol–water partition coefficient (Wildman–Crippen LogP) is 2.94. The van der Waals surface area contributed by atoms with E-state index in [1.165, 1.54) is 31.4 Å². The molecule has 8 heteroatoms. The number of hydrogen-bond acceptors (Lipinski definition) is 6. The van der Waals surface area contributed by atoms with Gasteiger partial charge in [-0.1, -0.05) is 0 Å². The van der Waals surface area contributed by atoms with Crippen molar-refractivity contribution in [3.63, 3.8) is 0 Å². The van der Waals surface area contributed by atoms with Gasteiger partial charge >= 0.3 is 5.97 Å². The number of fused-ring (bicyclic) bond motifs is 1. The van der Waals surface area contributed by atoms with Crippen LogP contribution in [-0.4, -0.2) is 51.2 Å². The molecule has 1 aliphatic heterocycles. The molecule has 1 amide bonds. The zero-order valence-corrected chi connectivity index (χ0v) is 17.2. The maximum Gasteiger partial charge on any atom is 0.307 e. The molecule has 0 unspecified atom stereocenters. The molecule has 0 radical (unpaired) electrons. The highest BCUT2D eigenvalue weighted by molar-refractivity contribution is 5.92. The average Bonchev–Trinajstić information content (AvgIpc) is 2.75. The number of carbonyl (C=O) groups is 2. The SMILES string of the molecule is COC(=O)C[C@@H]1c2cc(OC)c(OC)cc2CCN1CC(=O)Nc1ccc(F)cc1. The van der Waals surface area contributed by atoms with Crippen LogP contribution in [0.2, 0.25) is 0 Å². The molecule has 1 aliphatic rings. The third-order valence-corrected chi connectivity index (χ3v) is 5.18. The monoisotopic (exact) mass is 416 g/mol. The van der Waals surface area contributed by atoms with Crippen LogP contribution in [0.1, 0.15) is 23.6 Å². The number of halogens is 1. The summed E-state index contributed by atoms with van der Waals surface area (Å²) in [5.74, 6) is 0.189. The fraction of sp³-hybridized carbons (Fsp3) is 0.364. The molecule has 0 spiro atoms. The molecule has 30 heavy (non-hydrogen) atoms. The smallest absolute Gasteiger partial charge is 0.307 e. The number of anilines is 1. The summed E-state index contributed by atoms with van der Waals surface area (Å²) in [6.07, 6.45) is 0.792. The van der Waals surface area contributed by atoms with Crippen molar-refractivity contribution >= 4 is 17.6 Å². The number of nitrogens with one attached hydrogen (secondary N) is 1. The molecule has 2 aromatic rings. The van der Waals surface area contributed by atoms with Gasteiger partial charge in [-0.05, 0) is 53.9 Å². The van der Waals surface area contributed by atoms with E-state index in [-0.39, 0.29) is 36.7 Å². The Balaban J connectivity index is 1.84. The number of benzene rings is 2. The minimum absolute atomic E-state index is 0.0762. The van der Waals surface area contributed by atoms with Crippen LogP contribution in [0.3, 0.4) is 0 Å². The van der Waals surface area contributed by atoms with Gasteiger partial charge in [0.15, 0.2) is 11.5 Å². The number of nitrogens with zero attached hydrogens (tertiary/aromatic N) is 1. The Morgan fingerprint density at radius 3 is 2.40 bits per heavy atom. The molecule has 2 aromatic carbocycles. The van der Waals surface area contributed by atoms with Gasteiger partial charge in [0, 0.05) is 18.3 Å². The topological polar surface area (TPSA) is 77.1 Å². The van der Waals surface area contributed by atoms with Crippen LogP contribution < -0.4 is 14.8 Å². The van der Waals surface area contributed by atoms with E-state index in [1.54, 1.807) is 14.2 Å². The zero-order valence-electron chi connectivity index (χ0n) is 17.2. The second kappa shape index (κ2) is 9.58. The number of rotatable bonds is 7. The van der Waals surface area contributed by atoms with Crippen molar-refractivity contribution < 1.29 is 28.2 Å².